The molecular formula is C21H23N5. The van der Waals surface area contributed by atoms with Gasteiger partial charge in [0.25, 0.3) is 0 Å². The highest BCUT2D eigenvalue weighted by molar-refractivity contribution is 5.77. The summed E-state index contributed by atoms with van der Waals surface area (Å²) in [5.41, 5.74) is 4.65. The van der Waals surface area contributed by atoms with Crippen LogP contribution in [0.25, 0.3) is 5.70 Å². The topological polar surface area (TPSA) is 46.0 Å². The molecule has 1 N–H and O–H groups in total. The Kier molecular flexibility index (Phi) is 4.44. The van der Waals surface area contributed by atoms with Crippen LogP contribution >= 0.6 is 0 Å². The van der Waals surface area contributed by atoms with Crippen molar-refractivity contribution in [3.63, 3.8) is 0 Å². The minimum absolute atomic E-state index is 0.0229. The molecule has 132 valence electrons. The monoisotopic (exact) mass is 345 g/mol. The van der Waals surface area contributed by atoms with Gasteiger partial charge >= 0.3 is 0 Å². The molecule has 0 fully saturated rings. The largest absolute Gasteiger partial charge is 0.372 e. The zero-order valence-electron chi connectivity index (χ0n) is 15.1. The first-order valence-electron chi connectivity index (χ1n) is 9.08. The minimum atomic E-state index is 0.0229. The van der Waals surface area contributed by atoms with Crippen LogP contribution < -0.4 is 10.2 Å². The highest BCUT2D eigenvalue weighted by atomic mass is 15.4. The molecule has 1 aromatic heterocycles. The fraction of sp³-hybridized carbons (Fsp3) is 0.238. The van der Waals surface area contributed by atoms with E-state index >= 15 is 0 Å². The van der Waals surface area contributed by atoms with E-state index in [1.807, 2.05) is 22.9 Å². The standard InChI is InChI=1S/C21H23N5/c1-3-25(4-2)18-12-10-17(11-13-18)20-14-19(16-8-6-5-7-9-16)24-21-22-15-23-26(20)21/h5-15,20H,3-4H2,1-2H3,(H,22,23,24)/t20-/m1/s1. The fourth-order valence-electron chi connectivity index (χ4n) is 3.43. The first-order chi connectivity index (χ1) is 12.8. The van der Waals surface area contributed by atoms with Crippen molar-refractivity contribution in [2.75, 3.05) is 23.3 Å². The number of nitrogens with one attached hydrogen (secondary N) is 1. The second-order valence-corrected chi connectivity index (χ2v) is 6.31. The van der Waals surface area contributed by atoms with Crippen molar-refractivity contribution >= 4 is 17.3 Å². The van der Waals surface area contributed by atoms with Gasteiger partial charge in [-0.2, -0.15) is 10.1 Å². The van der Waals surface area contributed by atoms with E-state index in [1.165, 1.54) is 11.3 Å². The Morgan fingerprint density at radius 2 is 1.73 bits per heavy atom. The van der Waals surface area contributed by atoms with E-state index in [1.54, 1.807) is 6.33 Å². The highest BCUT2D eigenvalue weighted by Crippen LogP contribution is 2.32. The molecule has 5 nitrogen and oxygen atoms in total. The van der Waals surface area contributed by atoms with Crippen LogP contribution in [0, 0.1) is 0 Å². The molecule has 0 radical (unpaired) electrons. The number of allylic oxidation sites excluding steroid dienone is 1. The van der Waals surface area contributed by atoms with Crippen molar-refractivity contribution in [2.24, 2.45) is 0 Å². The summed E-state index contributed by atoms with van der Waals surface area (Å²) in [6.07, 6.45) is 3.81. The third-order valence-electron chi connectivity index (χ3n) is 4.86. The molecule has 1 aliphatic rings. The van der Waals surface area contributed by atoms with Gasteiger partial charge in [0, 0.05) is 24.5 Å². The second kappa shape index (κ2) is 7.04. The summed E-state index contributed by atoms with van der Waals surface area (Å²) in [5.74, 6) is 0.768. The Morgan fingerprint density at radius 3 is 2.42 bits per heavy atom. The van der Waals surface area contributed by atoms with Crippen molar-refractivity contribution in [3.8, 4) is 0 Å². The Bertz CT molecular complexity index is 892. The third-order valence-corrected chi connectivity index (χ3v) is 4.86. The molecule has 1 aliphatic heterocycles. The molecule has 1 atom stereocenters. The molecule has 26 heavy (non-hydrogen) atoms. The maximum absolute atomic E-state index is 4.42. The molecule has 5 heteroatoms. The molecule has 2 aromatic carbocycles. The maximum Gasteiger partial charge on any atom is 0.226 e. The van der Waals surface area contributed by atoms with Gasteiger partial charge in [-0.15, -0.1) is 0 Å². The summed E-state index contributed by atoms with van der Waals surface area (Å²) in [4.78, 5) is 6.72. The normalized spacial score (nSPS) is 15.8. The fourth-order valence-corrected chi connectivity index (χ4v) is 3.43. The van der Waals surface area contributed by atoms with Gasteiger partial charge in [0.1, 0.15) is 12.4 Å². The number of fused-ring (bicyclic) bond motifs is 1. The van der Waals surface area contributed by atoms with E-state index in [2.05, 4.69) is 76.6 Å². The zero-order chi connectivity index (χ0) is 17.9. The third kappa shape index (κ3) is 2.96. The van der Waals surface area contributed by atoms with Crippen molar-refractivity contribution in [1.82, 2.24) is 14.8 Å². The van der Waals surface area contributed by atoms with Gasteiger partial charge in [0.05, 0.1) is 0 Å². The molecule has 2 heterocycles. The maximum atomic E-state index is 4.42. The van der Waals surface area contributed by atoms with Gasteiger partial charge < -0.3 is 10.2 Å². The van der Waals surface area contributed by atoms with E-state index in [0.717, 1.165) is 30.3 Å². The van der Waals surface area contributed by atoms with Gasteiger partial charge in [-0.1, -0.05) is 42.5 Å². The number of benzene rings is 2. The Balaban J connectivity index is 1.71. The van der Waals surface area contributed by atoms with Crippen LogP contribution in [0.1, 0.15) is 31.0 Å². The molecule has 0 amide bonds. The summed E-state index contributed by atoms with van der Waals surface area (Å²) in [6, 6.07) is 19.1. The van der Waals surface area contributed by atoms with Crippen molar-refractivity contribution in [3.05, 3.63) is 78.1 Å². The van der Waals surface area contributed by atoms with Gasteiger partial charge in [-0.25, -0.2) is 4.68 Å². The van der Waals surface area contributed by atoms with Crippen LogP contribution in [0.4, 0.5) is 11.6 Å². The number of hydrogen-bond donors (Lipinski definition) is 1. The van der Waals surface area contributed by atoms with Gasteiger partial charge in [-0.3, -0.25) is 0 Å². The van der Waals surface area contributed by atoms with E-state index in [0.29, 0.717) is 0 Å². The quantitative estimate of drug-likeness (QED) is 0.753. The van der Waals surface area contributed by atoms with Crippen LogP contribution in [0.2, 0.25) is 0 Å². The van der Waals surface area contributed by atoms with Gasteiger partial charge in [-0.05, 0) is 43.2 Å². The van der Waals surface area contributed by atoms with E-state index in [-0.39, 0.29) is 6.04 Å². The average Bonchev–Trinajstić information content (AvgIpc) is 3.18. The predicted octanol–water partition coefficient (Wildman–Crippen LogP) is 4.18. The average molecular weight is 345 g/mol. The molecule has 0 unspecified atom stereocenters. The van der Waals surface area contributed by atoms with Gasteiger partial charge in [0.2, 0.25) is 5.95 Å². The molecular weight excluding hydrogens is 322 g/mol. The van der Waals surface area contributed by atoms with Gasteiger partial charge in [0.15, 0.2) is 0 Å². The number of nitrogens with zero attached hydrogens (tertiary/aromatic N) is 4. The van der Waals surface area contributed by atoms with Crippen LogP contribution in [0.3, 0.4) is 0 Å². The Labute approximate surface area is 154 Å². The highest BCUT2D eigenvalue weighted by Gasteiger charge is 2.23. The molecule has 0 saturated carbocycles. The lowest BCUT2D eigenvalue weighted by atomic mass is 10.0. The lowest BCUT2D eigenvalue weighted by Crippen LogP contribution is -2.22. The molecule has 0 spiro atoms. The van der Waals surface area contributed by atoms with Crippen molar-refractivity contribution in [2.45, 2.75) is 19.9 Å². The van der Waals surface area contributed by atoms with E-state index in [9.17, 15) is 0 Å². The van der Waals surface area contributed by atoms with Crippen LogP contribution in [-0.4, -0.2) is 27.9 Å². The van der Waals surface area contributed by atoms with Crippen LogP contribution in [-0.2, 0) is 0 Å². The first kappa shape index (κ1) is 16.4. The lowest BCUT2D eigenvalue weighted by molar-refractivity contribution is 0.612. The molecule has 4 rings (SSSR count). The summed E-state index contributed by atoms with van der Waals surface area (Å²) in [7, 11) is 0. The Morgan fingerprint density at radius 1 is 1.00 bits per heavy atom. The van der Waals surface area contributed by atoms with Crippen LogP contribution in [0.5, 0.6) is 0 Å². The second-order valence-electron chi connectivity index (χ2n) is 6.31. The molecule has 0 bridgehead atoms. The predicted molar refractivity (Wildman–Crippen MR) is 106 cm³/mol. The van der Waals surface area contributed by atoms with Crippen LogP contribution in [0.15, 0.2) is 67.0 Å². The first-order valence-corrected chi connectivity index (χ1v) is 9.08. The lowest BCUT2D eigenvalue weighted by Gasteiger charge is -2.25. The minimum Gasteiger partial charge on any atom is -0.372 e. The zero-order valence-corrected chi connectivity index (χ0v) is 15.1. The SMILES string of the molecule is CCN(CC)c1ccc([C@H]2C=C(c3ccccc3)Nc3ncnn32)cc1. The Hall–Kier alpha value is -3.08. The smallest absolute Gasteiger partial charge is 0.226 e. The molecule has 3 aromatic rings. The summed E-state index contributed by atoms with van der Waals surface area (Å²) >= 11 is 0. The summed E-state index contributed by atoms with van der Waals surface area (Å²) < 4.78 is 1.93. The van der Waals surface area contributed by atoms with Crippen molar-refractivity contribution < 1.29 is 0 Å². The molecule has 0 saturated heterocycles. The van der Waals surface area contributed by atoms with E-state index < -0.39 is 0 Å². The number of rotatable bonds is 5. The van der Waals surface area contributed by atoms with Crippen molar-refractivity contribution in [1.29, 1.82) is 0 Å². The summed E-state index contributed by atoms with van der Waals surface area (Å²) in [5, 5.41) is 7.80. The summed E-state index contributed by atoms with van der Waals surface area (Å²) in [6.45, 7) is 6.38. The number of hydrogen-bond acceptors (Lipinski definition) is 4. The number of aromatic nitrogens is 3. The molecule has 0 aliphatic carbocycles. The van der Waals surface area contributed by atoms with E-state index in [4.69, 9.17) is 0 Å². The number of anilines is 2.